The SMILES string of the molecule is COc1ccc(CN[C@@H](c2nc3ccccc3[nH]2)C(C)C)cc1O. The summed E-state index contributed by atoms with van der Waals surface area (Å²) in [5.74, 6) is 1.94. The third-order valence-corrected chi connectivity index (χ3v) is 4.14. The number of phenolic OH excluding ortho intramolecular Hbond substituents is 1. The maximum Gasteiger partial charge on any atom is 0.160 e. The third kappa shape index (κ3) is 3.36. The zero-order chi connectivity index (χ0) is 17.1. The number of H-pyrrole nitrogens is 1. The molecule has 1 aromatic heterocycles. The van der Waals surface area contributed by atoms with Gasteiger partial charge in [0, 0.05) is 6.54 Å². The molecule has 0 unspecified atom stereocenters. The molecule has 126 valence electrons. The Hall–Kier alpha value is -2.53. The molecule has 0 saturated carbocycles. The van der Waals surface area contributed by atoms with Crippen molar-refractivity contribution in [2.75, 3.05) is 7.11 Å². The van der Waals surface area contributed by atoms with Gasteiger partial charge in [0.05, 0.1) is 24.2 Å². The first-order valence-electron chi connectivity index (χ1n) is 8.12. The number of benzene rings is 2. The lowest BCUT2D eigenvalue weighted by Crippen LogP contribution is -2.26. The van der Waals surface area contributed by atoms with Gasteiger partial charge in [-0.15, -0.1) is 0 Å². The van der Waals surface area contributed by atoms with Crippen LogP contribution >= 0.6 is 0 Å². The van der Waals surface area contributed by atoms with Crippen LogP contribution in [0.5, 0.6) is 11.5 Å². The van der Waals surface area contributed by atoms with Gasteiger partial charge >= 0.3 is 0 Å². The molecule has 0 aliphatic heterocycles. The number of aromatic nitrogens is 2. The van der Waals surface area contributed by atoms with Crippen LogP contribution in [0.2, 0.25) is 0 Å². The van der Waals surface area contributed by atoms with Crippen molar-refractivity contribution in [3.63, 3.8) is 0 Å². The highest BCUT2D eigenvalue weighted by Gasteiger charge is 2.19. The van der Waals surface area contributed by atoms with Gasteiger partial charge in [-0.25, -0.2) is 4.98 Å². The van der Waals surface area contributed by atoms with Crippen LogP contribution in [-0.4, -0.2) is 22.2 Å². The lowest BCUT2D eigenvalue weighted by molar-refractivity contribution is 0.371. The smallest absolute Gasteiger partial charge is 0.160 e. The first-order chi connectivity index (χ1) is 11.6. The number of methoxy groups -OCH3 is 1. The Balaban J connectivity index is 1.78. The third-order valence-electron chi connectivity index (χ3n) is 4.14. The number of fused-ring (bicyclic) bond motifs is 1. The minimum absolute atomic E-state index is 0.0987. The Labute approximate surface area is 141 Å². The molecule has 5 nitrogen and oxygen atoms in total. The average molecular weight is 325 g/mol. The van der Waals surface area contributed by atoms with Gasteiger partial charge in [-0.05, 0) is 35.7 Å². The normalized spacial score (nSPS) is 12.7. The maximum atomic E-state index is 9.91. The van der Waals surface area contributed by atoms with Crippen LogP contribution in [0.1, 0.15) is 31.3 Å². The molecule has 0 amide bonds. The van der Waals surface area contributed by atoms with E-state index in [1.807, 2.05) is 30.3 Å². The summed E-state index contributed by atoms with van der Waals surface area (Å²) < 4.78 is 5.08. The lowest BCUT2D eigenvalue weighted by atomic mass is 10.0. The summed E-state index contributed by atoms with van der Waals surface area (Å²) in [5, 5.41) is 13.4. The molecule has 24 heavy (non-hydrogen) atoms. The second kappa shape index (κ2) is 6.93. The van der Waals surface area contributed by atoms with E-state index in [2.05, 4.69) is 24.1 Å². The second-order valence-electron chi connectivity index (χ2n) is 6.25. The van der Waals surface area contributed by atoms with Gasteiger partial charge in [-0.1, -0.05) is 32.0 Å². The van der Waals surface area contributed by atoms with E-state index in [9.17, 15) is 5.11 Å². The Morgan fingerprint density at radius 3 is 2.67 bits per heavy atom. The molecule has 0 aliphatic rings. The summed E-state index contributed by atoms with van der Waals surface area (Å²) in [6.07, 6.45) is 0. The fourth-order valence-electron chi connectivity index (χ4n) is 2.84. The van der Waals surface area contributed by atoms with Gasteiger partial charge in [0.1, 0.15) is 5.82 Å². The molecule has 0 radical (unpaired) electrons. The number of phenols is 1. The first-order valence-corrected chi connectivity index (χ1v) is 8.12. The highest BCUT2D eigenvalue weighted by Crippen LogP contribution is 2.27. The topological polar surface area (TPSA) is 70.2 Å². The molecule has 0 fully saturated rings. The standard InChI is InChI=1S/C19H23N3O2/c1-12(2)18(19-21-14-6-4-5-7-15(14)22-19)20-11-13-8-9-17(24-3)16(23)10-13/h4-10,12,18,20,23H,11H2,1-3H3,(H,21,22)/t18-/m1/s1. The van der Waals surface area contributed by atoms with E-state index < -0.39 is 0 Å². The molecular weight excluding hydrogens is 302 g/mol. The Morgan fingerprint density at radius 2 is 2.00 bits per heavy atom. The van der Waals surface area contributed by atoms with Gasteiger partial charge in [0.2, 0.25) is 0 Å². The van der Waals surface area contributed by atoms with Gasteiger partial charge in [0.15, 0.2) is 11.5 Å². The van der Waals surface area contributed by atoms with Crippen molar-refractivity contribution in [3.05, 3.63) is 53.9 Å². The number of hydrogen-bond donors (Lipinski definition) is 3. The van der Waals surface area contributed by atoms with Gasteiger partial charge in [-0.2, -0.15) is 0 Å². The summed E-state index contributed by atoms with van der Waals surface area (Å²) >= 11 is 0. The molecule has 3 aromatic rings. The molecule has 3 N–H and O–H groups in total. The predicted molar refractivity (Wildman–Crippen MR) is 95.2 cm³/mol. The number of aromatic hydroxyl groups is 1. The fourth-order valence-corrected chi connectivity index (χ4v) is 2.84. The predicted octanol–water partition coefficient (Wildman–Crippen LogP) is 3.76. The molecule has 0 aliphatic carbocycles. The van der Waals surface area contributed by atoms with Crippen molar-refractivity contribution in [2.24, 2.45) is 5.92 Å². The molecule has 1 atom stereocenters. The second-order valence-corrected chi connectivity index (χ2v) is 6.25. The van der Waals surface area contributed by atoms with Crippen LogP contribution in [0.3, 0.4) is 0 Å². The maximum absolute atomic E-state index is 9.91. The van der Waals surface area contributed by atoms with E-state index in [-0.39, 0.29) is 11.8 Å². The van der Waals surface area contributed by atoms with Crippen LogP contribution in [0.25, 0.3) is 11.0 Å². The summed E-state index contributed by atoms with van der Waals surface area (Å²) in [6, 6.07) is 13.6. The first kappa shape index (κ1) is 16.3. The summed E-state index contributed by atoms with van der Waals surface area (Å²) in [7, 11) is 1.54. The van der Waals surface area contributed by atoms with Crippen molar-refractivity contribution in [1.29, 1.82) is 0 Å². The summed E-state index contributed by atoms with van der Waals surface area (Å²) in [6.45, 7) is 4.96. The van der Waals surface area contributed by atoms with E-state index in [4.69, 9.17) is 9.72 Å². The summed E-state index contributed by atoms with van der Waals surface area (Å²) in [5.41, 5.74) is 3.01. The molecular formula is C19H23N3O2. The van der Waals surface area contributed by atoms with Crippen LogP contribution in [0, 0.1) is 5.92 Å². The summed E-state index contributed by atoms with van der Waals surface area (Å²) in [4.78, 5) is 8.10. The monoisotopic (exact) mass is 325 g/mol. The van der Waals surface area contributed by atoms with Gasteiger partial charge < -0.3 is 20.1 Å². The lowest BCUT2D eigenvalue weighted by Gasteiger charge is -2.20. The molecule has 2 aromatic carbocycles. The van der Waals surface area contributed by atoms with Crippen LogP contribution < -0.4 is 10.1 Å². The number of nitrogens with zero attached hydrogens (tertiary/aromatic N) is 1. The van der Waals surface area contributed by atoms with E-state index in [1.165, 1.54) is 0 Å². The van der Waals surface area contributed by atoms with Crippen molar-refractivity contribution in [2.45, 2.75) is 26.4 Å². The van der Waals surface area contributed by atoms with E-state index in [1.54, 1.807) is 19.2 Å². The van der Waals surface area contributed by atoms with Gasteiger partial charge in [0.25, 0.3) is 0 Å². The number of ether oxygens (including phenoxy) is 1. The molecule has 5 heteroatoms. The Morgan fingerprint density at radius 1 is 1.21 bits per heavy atom. The molecule has 0 saturated heterocycles. The minimum atomic E-state index is 0.0987. The number of rotatable bonds is 6. The molecule has 0 bridgehead atoms. The minimum Gasteiger partial charge on any atom is -0.504 e. The largest absolute Gasteiger partial charge is 0.504 e. The molecule has 3 rings (SSSR count). The van der Waals surface area contributed by atoms with Crippen LogP contribution in [0.15, 0.2) is 42.5 Å². The van der Waals surface area contributed by atoms with Crippen molar-refractivity contribution in [3.8, 4) is 11.5 Å². The number of imidazole rings is 1. The van der Waals surface area contributed by atoms with Crippen LogP contribution in [0.4, 0.5) is 0 Å². The molecule has 1 heterocycles. The quantitative estimate of drug-likeness (QED) is 0.645. The fraction of sp³-hybridized carbons (Fsp3) is 0.316. The Bertz CT molecular complexity index is 793. The van der Waals surface area contributed by atoms with Crippen molar-refractivity contribution in [1.82, 2.24) is 15.3 Å². The molecule has 0 spiro atoms. The van der Waals surface area contributed by atoms with E-state index >= 15 is 0 Å². The van der Waals surface area contributed by atoms with Crippen molar-refractivity contribution >= 4 is 11.0 Å². The van der Waals surface area contributed by atoms with E-state index in [0.29, 0.717) is 18.2 Å². The van der Waals surface area contributed by atoms with Gasteiger partial charge in [-0.3, -0.25) is 0 Å². The average Bonchev–Trinajstić information content (AvgIpc) is 2.98. The highest BCUT2D eigenvalue weighted by molar-refractivity contribution is 5.74. The zero-order valence-corrected chi connectivity index (χ0v) is 14.2. The number of aromatic amines is 1. The zero-order valence-electron chi connectivity index (χ0n) is 14.2. The number of hydrogen-bond acceptors (Lipinski definition) is 4. The van der Waals surface area contributed by atoms with Crippen LogP contribution in [-0.2, 0) is 6.54 Å². The van der Waals surface area contributed by atoms with E-state index in [0.717, 1.165) is 22.4 Å². The Kier molecular flexibility index (Phi) is 4.71. The number of nitrogens with one attached hydrogen (secondary N) is 2. The number of para-hydroxylation sites is 2. The highest BCUT2D eigenvalue weighted by atomic mass is 16.5. The van der Waals surface area contributed by atoms with Crippen molar-refractivity contribution < 1.29 is 9.84 Å².